The van der Waals surface area contributed by atoms with E-state index in [2.05, 4.69) is 0 Å². The number of nitrogens with two attached hydrogens (primary N) is 3. The maximum absolute atomic E-state index is 13.3. The van der Waals surface area contributed by atoms with Crippen LogP contribution in [0.15, 0.2) is 36.4 Å². The Morgan fingerprint density at radius 2 is 0.789 bits per heavy atom. The molecule has 12 unspecified atom stereocenters. The van der Waals surface area contributed by atoms with Gasteiger partial charge >= 0.3 is 17.9 Å². The van der Waals surface area contributed by atoms with Gasteiger partial charge in [0.05, 0.1) is 53.5 Å². The smallest absolute Gasteiger partial charge is 0.323 e. The number of carbonyl (C=O) groups excluding carboxylic acids is 3. The van der Waals surface area contributed by atoms with Crippen molar-refractivity contribution in [3.05, 3.63) is 69.8 Å². The molecule has 0 amide bonds. The molecule has 90 heavy (non-hydrogen) atoms. The number of methoxy groups -OCH3 is 6. The minimum Gasteiger partial charge on any atom is -0.493 e. The van der Waals surface area contributed by atoms with E-state index >= 15 is 0 Å². The Balaban J connectivity index is 0.000000269. The van der Waals surface area contributed by atoms with Crippen LogP contribution in [0.25, 0.3) is 0 Å². The van der Waals surface area contributed by atoms with Crippen LogP contribution >= 0.6 is 0 Å². The standard InChI is InChI=1S/3C24H38N2O4/c3*1-14(2)9-17-13-26-8-7-16-10-21(28-5)22(29-6)11-18(16)19(26)12-20(17)30-24(27)23(25)15(3)4/h3*10-11,14-15,17,19-20,23H,7-9,12-13,25H2,1-6H3/t3*17?,19?,20?,23-/m000/s1/i1D3,5D3,9D2,12D2,13D2,14D,17D,20D;1D3,9D2,12D2,13D2,14D,17D,20D;1D3,5D3,9D2,12D2,13D2,14D,17D/t3*14?,17?,19?,20?,23-. The molecule has 3 saturated heterocycles. The van der Waals surface area contributed by atoms with E-state index in [1.54, 1.807) is 19.9 Å². The highest BCUT2D eigenvalue weighted by molar-refractivity contribution is 5.77. The van der Waals surface area contributed by atoms with E-state index in [4.69, 9.17) is 98.2 Å². The predicted molar refractivity (Wildman–Crippen MR) is 353 cm³/mol. The van der Waals surface area contributed by atoms with Gasteiger partial charge in [-0.3, -0.25) is 29.1 Å². The molecule has 15 atom stereocenters. The van der Waals surface area contributed by atoms with Crippen molar-refractivity contribution in [1.29, 1.82) is 0 Å². The Morgan fingerprint density at radius 3 is 1.11 bits per heavy atom. The van der Waals surface area contributed by atoms with Crippen molar-refractivity contribution >= 4 is 17.9 Å². The van der Waals surface area contributed by atoms with E-state index in [1.165, 1.54) is 80.4 Å². The van der Waals surface area contributed by atoms with Crippen molar-refractivity contribution in [2.45, 2.75) is 195 Å². The zero-order valence-corrected chi connectivity index (χ0v) is 53.0. The summed E-state index contributed by atoms with van der Waals surface area (Å²) in [5.41, 5.74) is 18.9. The lowest BCUT2D eigenvalue weighted by molar-refractivity contribution is -0.161. The van der Waals surface area contributed by atoms with Gasteiger partial charge in [0.25, 0.3) is 0 Å². The number of rotatable bonds is 21. The number of esters is 3. The molecule has 6 aliphatic heterocycles. The van der Waals surface area contributed by atoms with Crippen molar-refractivity contribution in [2.75, 3.05) is 81.6 Å². The van der Waals surface area contributed by atoms with Crippen LogP contribution in [0.3, 0.4) is 0 Å². The van der Waals surface area contributed by atoms with Crippen molar-refractivity contribution in [3.63, 3.8) is 0 Å². The van der Waals surface area contributed by atoms with Crippen LogP contribution in [0.4, 0.5) is 0 Å². The molecule has 0 aromatic heterocycles. The summed E-state index contributed by atoms with van der Waals surface area (Å²) in [7, 11) is -0.674. The normalized spacial score (nSPS) is 42.2. The highest BCUT2D eigenvalue weighted by Crippen LogP contribution is 2.48. The molecular formula is C72H114N6O12. The summed E-state index contributed by atoms with van der Waals surface area (Å²) in [5.74, 6) is -27.5. The molecule has 6 N–H and O–H groups in total. The molecule has 18 heteroatoms. The van der Waals surface area contributed by atoms with Crippen LogP contribution in [-0.2, 0) is 47.9 Å². The minimum atomic E-state index is -3.95. The lowest BCUT2D eigenvalue weighted by atomic mass is 9.79. The van der Waals surface area contributed by atoms with E-state index in [1.807, 2.05) is 0 Å². The van der Waals surface area contributed by atoms with Crippen LogP contribution in [0.5, 0.6) is 34.5 Å². The second kappa shape index (κ2) is 32.5. The lowest BCUT2D eigenvalue weighted by Gasteiger charge is -2.47. The first kappa shape index (κ1) is 34.2. The Labute approximate surface area is 597 Å². The van der Waals surface area contributed by atoms with E-state index in [0.717, 1.165) is 20.8 Å². The first-order valence-corrected chi connectivity index (χ1v) is 29.2. The van der Waals surface area contributed by atoms with Gasteiger partial charge in [-0.2, -0.15) is 0 Å². The average molecular weight is 1300 g/mol. The fraction of sp³-hybridized carbons (Fsp3) is 0.708. The zero-order valence-electron chi connectivity index (χ0n) is 94.0. The number of hydrogen-bond donors (Lipinski definition) is 3. The number of hydrogen-bond acceptors (Lipinski definition) is 18. The number of nitrogens with zero attached hydrogens (tertiary/aromatic N) is 3. The second-order valence-electron chi connectivity index (χ2n) is 22.9. The molecule has 18 nitrogen and oxygen atoms in total. The van der Waals surface area contributed by atoms with Crippen molar-refractivity contribution in [2.24, 2.45) is 70.3 Å². The highest BCUT2D eigenvalue weighted by atomic mass is 16.6. The molecule has 0 radical (unpaired) electrons. The number of carbonyl (C=O) groups is 3. The number of ether oxygens (including phenoxy) is 9. The summed E-state index contributed by atoms with van der Waals surface area (Å²) in [6.07, 6.45) is -31.6. The maximum Gasteiger partial charge on any atom is 0.323 e. The van der Waals surface area contributed by atoms with Gasteiger partial charge in [0, 0.05) is 139 Å². The van der Waals surface area contributed by atoms with Gasteiger partial charge in [0.1, 0.15) is 36.4 Å². The molecule has 0 spiro atoms. The summed E-state index contributed by atoms with van der Waals surface area (Å²) in [4.78, 5) is 42.1. The average Bonchev–Trinajstić information content (AvgIpc) is 0.656. The monoisotopic (exact) mass is 1300 g/mol. The summed E-state index contributed by atoms with van der Waals surface area (Å²) in [6.45, 7) is -10.7. The van der Waals surface area contributed by atoms with Crippen LogP contribution in [0.1, 0.15) is 229 Å². The first-order chi connectivity index (χ1) is 58.4. The molecule has 0 aliphatic carbocycles. The number of fused-ring (bicyclic) bond motifs is 9. The fourth-order valence-corrected chi connectivity index (χ4v) is 10.2. The van der Waals surface area contributed by atoms with Crippen molar-refractivity contribution < 1.29 is 113 Å². The molecule has 3 fully saturated rings. The Hall–Kier alpha value is -5.37. The van der Waals surface area contributed by atoms with Gasteiger partial charge in [-0.1, -0.05) is 82.9 Å². The molecule has 0 bridgehead atoms. The van der Waals surface area contributed by atoms with E-state index in [-0.39, 0.29) is 83.4 Å². The lowest BCUT2D eigenvalue weighted by Crippen LogP contribution is -2.51. The van der Waals surface area contributed by atoms with Crippen LogP contribution in [0.2, 0.25) is 0 Å². The maximum atomic E-state index is 13.3. The molecular weight excluding hydrogens is 1140 g/mol. The van der Waals surface area contributed by atoms with E-state index < -0.39 is 224 Å². The topological polar surface area (TPSA) is 222 Å². The predicted octanol–water partition coefficient (Wildman–Crippen LogP) is 10.7. The van der Waals surface area contributed by atoms with Crippen molar-refractivity contribution in [3.8, 4) is 34.5 Å². The summed E-state index contributed by atoms with van der Waals surface area (Å²) >= 11 is 0. The van der Waals surface area contributed by atoms with Gasteiger partial charge in [-0.15, -0.1) is 0 Å². The molecule has 3 aromatic rings. The van der Waals surface area contributed by atoms with Gasteiger partial charge in [-0.25, -0.2) is 0 Å². The molecule has 6 heterocycles. The fourth-order valence-electron chi connectivity index (χ4n) is 10.2. The van der Waals surface area contributed by atoms with E-state index in [9.17, 15) is 32.2 Å². The van der Waals surface area contributed by atoms with E-state index in [0.29, 0.717) is 37.6 Å². The minimum absolute atomic E-state index is 0.0536. The summed E-state index contributed by atoms with van der Waals surface area (Å²) < 4.78 is 400. The molecule has 6 aliphatic rings. The van der Waals surface area contributed by atoms with Crippen LogP contribution in [-0.4, -0.2) is 151 Å². The molecule has 0 saturated carbocycles. The third-order valence-corrected chi connectivity index (χ3v) is 15.3. The molecule has 9 rings (SSSR count). The third-order valence-electron chi connectivity index (χ3n) is 15.3. The highest BCUT2D eigenvalue weighted by Gasteiger charge is 2.45. The van der Waals surface area contributed by atoms with Gasteiger partial charge in [-0.05, 0) is 144 Å². The zero-order chi connectivity index (χ0) is 102. The third kappa shape index (κ3) is 17.5. The van der Waals surface area contributed by atoms with Crippen LogP contribution in [0, 0.1) is 53.1 Å². The summed E-state index contributed by atoms with van der Waals surface area (Å²) in [5, 5.41) is 0. The SMILES string of the molecule is [2H]C([2H])([2H])C([2H])(C)C([2H])([2H])C1([2H])C([2H])([2H])N2CCc3cc(OC)c(OC)cc3C2C([2H])([2H])C1([2H])OC(=O)[C@@H](N)C(C)C.[2H]C([2H])([2H])Oc1cc2c(cc1OC)C1N(CC2)C([2H])([2H])C([2H])(C([2H])([2H])C([2H])(C)C([2H])([2H])[2H])C(OC(=O)[C@@H](N)C(C)C)C1([2H])[2H].[2H]C([2H])([2H])Oc1cc2c(cc1OC)C1N(CC2)C([2H])([2H])C([2H])(C([2H])([2H])C([2H])(C)C([2H])([2H])[2H])C([2H])(OC(=O)[C@@H](N)C(C)C)C1([2H])[2H]. The van der Waals surface area contributed by atoms with Crippen molar-refractivity contribution in [1.82, 2.24) is 14.7 Å². The Kier molecular flexibility index (Phi) is 12.3. The Bertz CT molecular complexity index is 4720. The second-order valence-corrected chi connectivity index (χ2v) is 22.9. The molecule has 504 valence electrons. The van der Waals surface area contributed by atoms with Gasteiger partial charge in [0.2, 0.25) is 0 Å². The number of piperidine rings is 3. The molecule has 3 aromatic carbocycles. The van der Waals surface area contributed by atoms with Crippen LogP contribution < -0.4 is 45.6 Å². The quantitative estimate of drug-likeness (QED) is 0.0666. The number of benzene rings is 3. The first-order valence-electron chi connectivity index (χ1n) is 49.7. The largest absolute Gasteiger partial charge is 0.493 e. The summed E-state index contributed by atoms with van der Waals surface area (Å²) in [6, 6.07) is -1.89. The van der Waals surface area contributed by atoms with Gasteiger partial charge < -0.3 is 59.8 Å². The van der Waals surface area contributed by atoms with Gasteiger partial charge in [0.15, 0.2) is 34.5 Å². The Morgan fingerprint density at radius 1 is 0.489 bits per heavy atom.